The molecule has 2 N–H and O–H groups in total. The number of imide groups is 1. The number of hydrogen-bond acceptors (Lipinski definition) is 8. The minimum Gasteiger partial charge on any atom is -0.453 e. The van der Waals surface area contributed by atoms with Crippen LogP contribution in [0.1, 0.15) is 65.8 Å². The number of amides is 3. The first kappa shape index (κ1) is 30.7. The molecule has 0 saturated carbocycles. The number of methoxy groups -OCH3 is 1. The molecule has 39 heavy (non-hydrogen) atoms. The van der Waals surface area contributed by atoms with Crippen LogP contribution in [0.4, 0.5) is 9.80 Å². The highest BCUT2D eigenvalue weighted by Gasteiger charge is 2.30. The van der Waals surface area contributed by atoms with Gasteiger partial charge in [-0.05, 0) is 54.6 Å². The summed E-state index contributed by atoms with van der Waals surface area (Å²) >= 11 is 1.30. The lowest BCUT2D eigenvalue weighted by atomic mass is 10.0. The van der Waals surface area contributed by atoms with E-state index in [2.05, 4.69) is 27.2 Å². The number of alkyl carbamates (subject to hydrolysis) is 1. The Morgan fingerprint density at radius 3 is 2.21 bits per heavy atom. The van der Waals surface area contributed by atoms with Crippen LogP contribution in [0.3, 0.4) is 0 Å². The fraction of sp³-hybridized carbons (Fsp3) is 0.519. The van der Waals surface area contributed by atoms with E-state index in [-0.39, 0.29) is 27.9 Å². The third kappa shape index (κ3) is 7.44. The summed E-state index contributed by atoms with van der Waals surface area (Å²) in [4.78, 5) is 41.2. The van der Waals surface area contributed by atoms with Gasteiger partial charge in [0, 0.05) is 36.6 Å². The Hall–Kier alpha value is -2.80. The molecule has 0 saturated heterocycles. The van der Waals surface area contributed by atoms with Crippen LogP contribution in [0.2, 0.25) is 0 Å². The van der Waals surface area contributed by atoms with Crippen LogP contribution in [0.5, 0.6) is 0 Å². The van der Waals surface area contributed by atoms with E-state index >= 15 is 0 Å². The van der Waals surface area contributed by atoms with Crippen LogP contribution in [0, 0.1) is 11.8 Å². The Bertz CT molecular complexity index is 1290. The number of rotatable bonds is 10. The number of fused-ring (bicyclic) bond motifs is 1. The Labute approximate surface area is 234 Å². The summed E-state index contributed by atoms with van der Waals surface area (Å²) in [6, 6.07) is 5.79. The number of sulfonamides is 1. The summed E-state index contributed by atoms with van der Waals surface area (Å²) in [5.74, 6) is -0.806. The summed E-state index contributed by atoms with van der Waals surface area (Å²) in [7, 11) is -2.56. The standard InChI is InChI=1S/C27H38N4O6S2/c1-7-30-13-12-21-22(16-30)38-26(23(21)25(33)29-27(34)37-6)28-24(32)19-8-10-20(11-9-19)39(35,36)31(14-17(2)3)15-18(4)5/h8-11,17-18H,7,12-16H2,1-6H3,(H,28,32)(H,29,33,34). The van der Waals surface area contributed by atoms with Gasteiger partial charge in [0.1, 0.15) is 5.00 Å². The smallest absolute Gasteiger partial charge is 0.413 e. The molecule has 12 heteroatoms. The number of carbonyl (C=O) groups is 3. The lowest BCUT2D eigenvalue weighted by Crippen LogP contribution is -2.37. The molecule has 0 spiro atoms. The number of nitrogens with zero attached hydrogens (tertiary/aromatic N) is 2. The third-order valence-corrected chi connectivity index (χ3v) is 9.31. The van der Waals surface area contributed by atoms with Crippen molar-refractivity contribution < 1.29 is 27.5 Å². The Balaban J connectivity index is 1.87. The van der Waals surface area contributed by atoms with Gasteiger partial charge in [-0.3, -0.25) is 19.8 Å². The number of anilines is 1. The maximum atomic E-state index is 13.3. The first-order valence-electron chi connectivity index (χ1n) is 13.0. The van der Waals surface area contributed by atoms with Crippen LogP contribution in [0.25, 0.3) is 0 Å². The fourth-order valence-corrected chi connectivity index (χ4v) is 7.50. The zero-order valence-corrected chi connectivity index (χ0v) is 25.0. The summed E-state index contributed by atoms with van der Waals surface area (Å²) in [5, 5.41) is 5.34. The van der Waals surface area contributed by atoms with E-state index in [0.29, 0.717) is 31.1 Å². The van der Waals surface area contributed by atoms with E-state index in [1.165, 1.54) is 47.0 Å². The van der Waals surface area contributed by atoms with Crippen molar-refractivity contribution in [3.8, 4) is 0 Å². The van der Waals surface area contributed by atoms with E-state index in [9.17, 15) is 22.8 Å². The average Bonchev–Trinajstić information content (AvgIpc) is 3.24. The highest BCUT2D eigenvalue weighted by Crippen LogP contribution is 2.37. The maximum Gasteiger partial charge on any atom is 0.413 e. The second kappa shape index (κ2) is 13.0. The predicted molar refractivity (Wildman–Crippen MR) is 152 cm³/mol. The number of ether oxygens (including phenoxy) is 1. The highest BCUT2D eigenvalue weighted by molar-refractivity contribution is 7.89. The minimum atomic E-state index is -3.73. The molecule has 2 heterocycles. The van der Waals surface area contributed by atoms with E-state index in [4.69, 9.17) is 0 Å². The molecule has 2 aromatic rings. The van der Waals surface area contributed by atoms with Crippen molar-refractivity contribution in [3.05, 3.63) is 45.8 Å². The first-order chi connectivity index (χ1) is 18.4. The van der Waals surface area contributed by atoms with Gasteiger partial charge in [-0.2, -0.15) is 4.31 Å². The van der Waals surface area contributed by atoms with Crippen molar-refractivity contribution >= 4 is 44.3 Å². The number of likely N-dealkylation sites (N-methyl/N-ethyl adjacent to an activating group) is 1. The van der Waals surface area contributed by atoms with Gasteiger partial charge >= 0.3 is 6.09 Å². The second-order valence-corrected chi connectivity index (χ2v) is 13.4. The van der Waals surface area contributed by atoms with Gasteiger partial charge < -0.3 is 10.1 Å². The molecule has 10 nitrogen and oxygen atoms in total. The van der Waals surface area contributed by atoms with Gasteiger partial charge in [0.05, 0.1) is 17.6 Å². The van der Waals surface area contributed by atoms with E-state index in [1.807, 2.05) is 27.7 Å². The van der Waals surface area contributed by atoms with E-state index in [0.717, 1.165) is 23.5 Å². The molecule has 0 fully saturated rings. The van der Waals surface area contributed by atoms with Crippen LogP contribution >= 0.6 is 11.3 Å². The van der Waals surface area contributed by atoms with Crippen molar-refractivity contribution in [2.75, 3.05) is 38.6 Å². The Kier molecular flexibility index (Phi) is 10.3. The number of benzene rings is 1. The van der Waals surface area contributed by atoms with Gasteiger partial charge in [0.2, 0.25) is 10.0 Å². The minimum absolute atomic E-state index is 0.115. The summed E-state index contributed by atoms with van der Waals surface area (Å²) in [5.41, 5.74) is 1.30. The lowest BCUT2D eigenvalue weighted by Gasteiger charge is -2.25. The zero-order chi connectivity index (χ0) is 28.9. The van der Waals surface area contributed by atoms with Gasteiger partial charge in [0.25, 0.3) is 11.8 Å². The van der Waals surface area contributed by atoms with Crippen LogP contribution in [-0.2, 0) is 27.7 Å². The van der Waals surface area contributed by atoms with Crippen molar-refractivity contribution in [2.45, 2.75) is 52.5 Å². The molecule has 0 radical (unpaired) electrons. The largest absolute Gasteiger partial charge is 0.453 e. The van der Waals surface area contributed by atoms with E-state index < -0.39 is 27.9 Å². The molecule has 1 aliphatic heterocycles. The van der Waals surface area contributed by atoms with E-state index in [1.54, 1.807) is 0 Å². The van der Waals surface area contributed by atoms with Crippen molar-refractivity contribution in [1.29, 1.82) is 0 Å². The van der Waals surface area contributed by atoms with Gasteiger partial charge in [-0.1, -0.05) is 34.6 Å². The highest BCUT2D eigenvalue weighted by atomic mass is 32.2. The predicted octanol–water partition coefficient (Wildman–Crippen LogP) is 4.18. The Morgan fingerprint density at radius 1 is 1.05 bits per heavy atom. The normalized spacial score (nSPS) is 14.0. The molecule has 214 valence electrons. The fourth-order valence-electron chi connectivity index (χ4n) is 4.45. The number of nitrogens with one attached hydrogen (secondary N) is 2. The monoisotopic (exact) mass is 578 g/mol. The number of thiophene rings is 1. The quantitative estimate of drug-likeness (QED) is 0.433. The van der Waals surface area contributed by atoms with Crippen LogP contribution in [0.15, 0.2) is 29.2 Å². The van der Waals surface area contributed by atoms with Crippen molar-refractivity contribution in [2.24, 2.45) is 11.8 Å². The number of carbonyl (C=O) groups excluding carboxylic acids is 3. The lowest BCUT2D eigenvalue weighted by molar-refractivity contribution is 0.0936. The molecular weight excluding hydrogens is 540 g/mol. The molecule has 0 aliphatic carbocycles. The summed E-state index contributed by atoms with van der Waals surface area (Å²) < 4.78 is 32.7. The third-order valence-electron chi connectivity index (χ3n) is 6.33. The molecule has 0 atom stereocenters. The van der Waals surface area contributed by atoms with Crippen LogP contribution < -0.4 is 10.6 Å². The Morgan fingerprint density at radius 2 is 1.67 bits per heavy atom. The summed E-state index contributed by atoms with van der Waals surface area (Å²) in [6.07, 6.45) is -0.279. The SMILES string of the molecule is CCN1CCc2c(sc(NC(=O)c3ccc(S(=O)(=O)N(CC(C)C)CC(C)C)cc3)c2C(=O)NC(=O)OC)C1. The van der Waals surface area contributed by atoms with Gasteiger partial charge in [0.15, 0.2) is 0 Å². The molecule has 1 aromatic carbocycles. The van der Waals surface area contributed by atoms with Crippen LogP contribution in [-0.4, -0.2) is 68.8 Å². The maximum absolute atomic E-state index is 13.3. The van der Waals surface area contributed by atoms with Gasteiger partial charge in [-0.15, -0.1) is 11.3 Å². The molecule has 0 unspecified atom stereocenters. The second-order valence-electron chi connectivity index (χ2n) is 10.4. The molecular formula is C27H38N4O6S2. The summed E-state index contributed by atoms with van der Waals surface area (Å²) in [6.45, 7) is 13.0. The van der Waals surface area contributed by atoms with Crippen molar-refractivity contribution in [3.63, 3.8) is 0 Å². The molecule has 3 amide bonds. The number of hydrogen-bond donors (Lipinski definition) is 2. The molecule has 3 rings (SSSR count). The first-order valence-corrected chi connectivity index (χ1v) is 15.3. The molecule has 1 aromatic heterocycles. The molecule has 1 aliphatic rings. The topological polar surface area (TPSA) is 125 Å². The zero-order valence-electron chi connectivity index (χ0n) is 23.4. The van der Waals surface area contributed by atoms with Gasteiger partial charge in [-0.25, -0.2) is 13.2 Å². The molecule has 0 bridgehead atoms. The van der Waals surface area contributed by atoms with Crippen molar-refractivity contribution in [1.82, 2.24) is 14.5 Å². The average molecular weight is 579 g/mol.